The van der Waals surface area contributed by atoms with E-state index in [1.165, 1.54) is 38.5 Å². The van der Waals surface area contributed by atoms with Crippen molar-refractivity contribution in [1.82, 2.24) is 0 Å². The van der Waals surface area contributed by atoms with Gasteiger partial charge in [0.25, 0.3) is 0 Å². The van der Waals surface area contributed by atoms with Crippen molar-refractivity contribution in [3.63, 3.8) is 0 Å². The maximum absolute atomic E-state index is 2.36. The van der Waals surface area contributed by atoms with Gasteiger partial charge in [-0.3, -0.25) is 0 Å². The summed E-state index contributed by atoms with van der Waals surface area (Å²) >= 11 is 0. The molecule has 0 saturated heterocycles. The molecule has 2 aliphatic rings. The first kappa shape index (κ1) is 10.3. The van der Waals surface area contributed by atoms with Gasteiger partial charge in [0.15, 0.2) is 0 Å². The Morgan fingerprint density at radius 2 is 1.00 bits per heavy atom. The highest BCUT2D eigenvalue weighted by atomic mass is 14.6. The normalized spacial score (nSPS) is 31.7. The van der Waals surface area contributed by atoms with Gasteiger partial charge in [-0.25, -0.2) is 0 Å². The van der Waals surface area contributed by atoms with E-state index >= 15 is 0 Å². The zero-order valence-corrected chi connectivity index (χ0v) is 10.2. The Morgan fingerprint density at radius 1 is 0.714 bits per heavy atom. The van der Waals surface area contributed by atoms with Gasteiger partial charge >= 0.3 is 0 Å². The largest absolute Gasteiger partial charge is 0.0645 e. The Hall–Kier alpha value is -0.260. The predicted octanol–water partition coefficient (Wildman–Crippen LogP) is 4.70. The number of rotatable bonds is 4. The predicted molar refractivity (Wildman–Crippen MR) is 62.3 cm³/mol. The van der Waals surface area contributed by atoms with E-state index in [9.17, 15) is 0 Å². The molecule has 0 radical (unpaired) electrons. The minimum atomic E-state index is 0.668. The molecule has 2 fully saturated rings. The molecule has 2 saturated carbocycles. The van der Waals surface area contributed by atoms with Crippen molar-refractivity contribution in [2.24, 2.45) is 10.8 Å². The molecule has 80 valence electrons. The lowest BCUT2D eigenvalue weighted by Crippen LogP contribution is -1.98. The van der Waals surface area contributed by atoms with E-state index in [2.05, 4.69) is 27.7 Å². The van der Waals surface area contributed by atoms with Crippen LogP contribution in [0.1, 0.15) is 66.2 Å². The van der Waals surface area contributed by atoms with E-state index in [-0.39, 0.29) is 0 Å². The van der Waals surface area contributed by atoms with E-state index in [4.69, 9.17) is 0 Å². The van der Waals surface area contributed by atoms with Crippen LogP contribution in [0.15, 0.2) is 11.1 Å². The average Bonchev–Trinajstić information content (AvgIpc) is 3.12. The molecule has 0 aliphatic heterocycles. The van der Waals surface area contributed by atoms with Gasteiger partial charge in [0, 0.05) is 0 Å². The van der Waals surface area contributed by atoms with Gasteiger partial charge in [-0.2, -0.15) is 0 Å². The highest BCUT2D eigenvalue weighted by Gasteiger charge is 2.56. The Bertz CT molecular complexity index is 234. The summed E-state index contributed by atoms with van der Waals surface area (Å²) in [6.07, 6.45) is 8.32. The van der Waals surface area contributed by atoms with Gasteiger partial charge in [0.1, 0.15) is 0 Å². The van der Waals surface area contributed by atoms with Crippen molar-refractivity contribution in [3.05, 3.63) is 11.1 Å². The Morgan fingerprint density at radius 3 is 1.14 bits per heavy atom. The van der Waals surface area contributed by atoms with E-state index in [0.717, 1.165) is 0 Å². The van der Waals surface area contributed by atoms with Crippen LogP contribution in [0, 0.1) is 10.8 Å². The van der Waals surface area contributed by atoms with Crippen molar-refractivity contribution < 1.29 is 0 Å². The third kappa shape index (κ3) is 1.19. The molecule has 0 aromatic heterocycles. The van der Waals surface area contributed by atoms with E-state index in [0.29, 0.717) is 10.8 Å². The Kier molecular flexibility index (Phi) is 2.28. The van der Waals surface area contributed by atoms with Gasteiger partial charge in [0.05, 0.1) is 0 Å². The van der Waals surface area contributed by atoms with Crippen LogP contribution < -0.4 is 0 Å². The summed E-state index contributed by atoms with van der Waals surface area (Å²) in [6.45, 7) is 9.44. The lowest BCUT2D eigenvalue weighted by Gasteiger charge is -2.09. The van der Waals surface area contributed by atoms with Crippen molar-refractivity contribution in [2.75, 3.05) is 0 Å². The zero-order valence-electron chi connectivity index (χ0n) is 10.2. The van der Waals surface area contributed by atoms with Crippen molar-refractivity contribution in [3.8, 4) is 0 Å². The quantitative estimate of drug-likeness (QED) is 0.566. The minimum absolute atomic E-state index is 0.668. The molecule has 0 bridgehead atoms. The van der Waals surface area contributed by atoms with Crippen LogP contribution in [0.5, 0.6) is 0 Å². The highest BCUT2D eigenvalue weighted by Crippen LogP contribution is 2.69. The first-order chi connectivity index (χ1) is 6.68. The summed E-state index contributed by atoms with van der Waals surface area (Å²) in [6, 6.07) is 0. The van der Waals surface area contributed by atoms with Gasteiger partial charge in [0.2, 0.25) is 0 Å². The molecule has 0 amide bonds. The summed E-state index contributed by atoms with van der Waals surface area (Å²) in [5, 5.41) is 0. The molecule has 0 unspecified atom stereocenters. The lowest BCUT2D eigenvalue weighted by atomic mass is 9.95. The number of hydrogen-bond donors (Lipinski definition) is 0. The first-order valence-corrected chi connectivity index (χ1v) is 6.41. The van der Waals surface area contributed by atoms with Crippen molar-refractivity contribution in [1.29, 1.82) is 0 Å². The summed E-state index contributed by atoms with van der Waals surface area (Å²) in [5.41, 5.74) is 5.07. The van der Waals surface area contributed by atoms with Crippen molar-refractivity contribution >= 4 is 0 Å². The van der Waals surface area contributed by atoms with Crippen LogP contribution in [0.3, 0.4) is 0 Å². The zero-order chi connectivity index (χ0) is 10.4. The second-order valence-corrected chi connectivity index (χ2v) is 5.29. The summed E-state index contributed by atoms with van der Waals surface area (Å²) in [4.78, 5) is 0. The molecule has 2 rings (SSSR count). The topological polar surface area (TPSA) is 0 Å². The van der Waals surface area contributed by atoms with Crippen LogP contribution in [0.25, 0.3) is 0 Å². The molecule has 0 spiro atoms. The maximum Gasteiger partial charge on any atom is -0.00527 e. The molecule has 0 heteroatoms. The first-order valence-electron chi connectivity index (χ1n) is 6.41. The third-order valence-corrected chi connectivity index (χ3v) is 5.13. The molecule has 0 nitrogen and oxygen atoms in total. The molecular formula is C14H24. The molecule has 0 heterocycles. The van der Waals surface area contributed by atoms with Crippen LogP contribution >= 0.6 is 0 Å². The molecule has 14 heavy (non-hydrogen) atoms. The Labute approximate surface area is 88.8 Å². The van der Waals surface area contributed by atoms with E-state index < -0.39 is 0 Å². The van der Waals surface area contributed by atoms with Crippen LogP contribution in [0.2, 0.25) is 0 Å². The SMILES string of the molecule is CCC1(CC)C/C1=C1\CC1(CC)CC. The third-order valence-electron chi connectivity index (χ3n) is 5.13. The van der Waals surface area contributed by atoms with Gasteiger partial charge < -0.3 is 0 Å². The summed E-state index contributed by atoms with van der Waals surface area (Å²) in [5.74, 6) is 0. The van der Waals surface area contributed by atoms with Gasteiger partial charge in [-0.05, 0) is 49.4 Å². The lowest BCUT2D eigenvalue weighted by molar-refractivity contribution is 0.486. The second-order valence-electron chi connectivity index (χ2n) is 5.29. The van der Waals surface area contributed by atoms with E-state index in [1.54, 1.807) is 0 Å². The summed E-state index contributed by atoms with van der Waals surface area (Å²) in [7, 11) is 0. The van der Waals surface area contributed by atoms with Crippen LogP contribution in [-0.2, 0) is 0 Å². The fourth-order valence-corrected chi connectivity index (χ4v) is 3.30. The maximum atomic E-state index is 2.36. The number of allylic oxidation sites excluding steroid dienone is 2. The molecule has 0 aromatic rings. The molecular weight excluding hydrogens is 168 g/mol. The monoisotopic (exact) mass is 192 g/mol. The minimum Gasteiger partial charge on any atom is -0.0645 e. The molecule has 0 N–H and O–H groups in total. The average molecular weight is 192 g/mol. The molecule has 0 atom stereocenters. The molecule has 2 aliphatic carbocycles. The van der Waals surface area contributed by atoms with Gasteiger partial charge in [-0.15, -0.1) is 0 Å². The van der Waals surface area contributed by atoms with Crippen LogP contribution in [-0.4, -0.2) is 0 Å². The smallest absolute Gasteiger partial charge is 0.00527 e. The Balaban J connectivity index is 2.16. The second kappa shape index (κ2) is 3.12. The molecule has 0 aromatic carbocycles. The highest BCUT2D eigenvalue weighted by molar-refractivity contribution is 5.48. The standard InChI is InChI=1S/C14H24/c1-5-13(6-2)9-11(13)12-10-14(12,7-3)8-4/h5-10H2,1-4H3/b12-11-. The van der Waals surface area contributed by atoms with Crippen molar-refractivity contribution in [2.45, 2.75) is 66.2 Å². The van der Waals surface area contributed by atoms with E-state index in [1.807, 2.05) is 11.1 Å². The number of hydrogen-bond acceptors (Lipinski definition) is 0. The van der Waals surface area contributed by atoms with Crippen LogP contribution in [0.4, 0.5) is 0 Å². The summed E-state index contributed by atoms with van der Waals surface area (Å²) < 4.78 is 0. The fourth-order valence-electron chi connectivity index (χ4n) is 3.30. The van der Waals surface area contributed by atoms with Gasteiger partial charge in [-0.1, -0.05) is 38.8 Å². The fraction of sp³-hybridized carbons (Fsp3) is 0.857.